The van der Waals surface area contributed by atoms with Gasteiger partial charge in [-0.05, 0) is 28.1 Å². The Kier molecular flexibility index (Phi) is 3.12. The number of ether oxygens (including phenoxy) is 2. The zero-order valence-corrected chi connectivity index (χ0v) is 13.0. The first-order valence-electron chi connectivity index (χ1n) is 6.35. The number of halogens is 1. The molecule has 0 fully saturated rings. The molecule has 3 rings (SSSR count). The number of nitrogens with two attached hydrogens (primary N) is 1. The minimum Gasteiger partial charge on any atom is -0.489 e. The minimum atomic E-state index is -0.00985. The first-order chi connectivity index (χ1) is 9.44. The van der Waals surface area contributed by atoms with Crippen molar-refractivity contribution in [3.8, 4) is 22.8 Å². The van der Waals surface area contributed by atoms with Crippen molar-refractivity contribution in [2.24, 2.45) is 5.41 Å². The lowest BCUT2D eigenvalue weighted by Crippen LogP contribution is -2.26. The number of benzene rings is 1. The molecule has 1 aromatic carbocycles. The predicted molar refractivity (Wildman–Crippen MR) is 80.9 cm³/mol. The molecular weight excluding hydrogens is 322 g/mol. The lowest BCUT2D eigenvalue weighted by molar-refractivity contribution is 0.140. The Morgan fingerprint density at radius 3 is 2.45 bits per heavy atom. The quantitative estimate of drug-likeness (QED) is 0.837. The fourth-order valence-electron chi connectivity index (χ4n) is 2.03. The van der Waals surface area contributed by atoms with E-state index in [2.05, 4.69) is 40.0 Å². The number of nitrogens with one attached hydrogen (secondary N) is 1. The van der Waals surface area contributed by atoms with Gasteiger partial charge < -0.3 is 15.2 Å². The van der Waals surface area contributed by atoms with Crippen LogP contribution in [-0.4, -0.2) is 23.4 Å². The Hall–Kier alpha value is -1.69. The van der Waals surface area contributed by atoms with Crippen LogP contribution in [0.25, 0.3) is 11.3 Å². The second-order valence-corrected chi connectivity index (χ2v) is 6.58. The normalized spacial score (nSPS) is 16.8. The van der Waals surface area contributed by atoms with E-state index in [9.17, 15) is 0 Å². The monoisotopic (exact) mass is 337 g/mol. The van der Waals surface area contributed by atoms with Crippen LogP contribution in [0.1, 0.15) is 13.8 Å². The molecule has 0 aliphatic carbocycles. The van der Waals surface area contributed by atoms with Crippen LogP contribution < -0.4 is 15.2 Å². The fraction of sp³-hybridized carbons (Fsp3) is 0.357. The molecule has 0 bridgehead atoms. The number of H-pyrrole nitrogens is 1. The summed E-state index contributed by atoms with van der Waals surface area (Å²) in [5.74, 6) is 1.95. The number of rotatable bonds is 1. The maximum absolute atomic E-state index is 5.88. The summed E-state index contributed by atoms with van der Waals surface area (Å²) in [6.07, 6.45) is 0. The molecule has 1 aliphatic heterocycles. The van der Waals surface area contributed by atoms with E-state index >= 15 is 0 Å². The van der Waals surface area contributed by atoms with Crippen molar-refractivity contribution in [2.75, 3.05) is 18.9 Å². The molecule has 1 aromatic heterocycles. The van der Waals surface area contributed by atoms with E-state index in [0.29, 0.717) is 19.0 Å². The number of hydrogen-bond acceptors (Lipinski definition) is 4. The summed E-state index contributed by atoms with van der Waals surface area (Å²) >= 11 is 3.55. The van der Waals surface area contributed by atoms with Gasteiger partial charge >= 0.3 is 0 Å². The van der Waals surface area contributed by atoms with Crippen molar-refractivity contribution in [2.45, 2.75) is 13.8 Å². The van der Waals surface area contributed by atoms with Crippen LogP contribution in [0, 0.1) is 5.41 Å². The van der Waals surface area contributed by atoms with Crippen molar-refractivity contribution in [3.05, 3.63) is 22.7 Å². The van der Waals surface area contributed by atoms with Crippen LogP contribution >= 0.6 is 15.9 Å². The fourth-order valence-corrected chi connectivity index (χ4v) is 2.57. The van der Waals surface area contributed by atoms with Crippen LogP contribution in [-0.2, 0) is 0 Å². The van der Waals surface area contributed by atoms with Gasteiger partial charge in [-0.1, -0.05) is 13.8 Å². The number of anilines is 1. The van der Waals surface area contributed by atoms with Crippen LogP contribution in [0.4, 0.5) is 5.82 Å². The Morgan fingerprint density at radius 2 is 1.85 bits per heavy atom. The molecule has 106 valence electrons. The molecule has 0 radical (unpaired) electrons. The van der Waals surface area contributed by atoms with Crippen molar-refractivity contribution in [1.29, 1.82) is 0 Å². The zero-order valence-electron chi connectivity index (χ0n) is 11.4. The Labute approximate surface area is 125 Å². The van der Waals surface area contributed by atoms with Crippen molar-refractivity contribution in [1.82, 2.24) is 10.2 Å². The second-order valence-electron chi connectivity index (χ2n) is 5.73. The van der Waals surface area contributed by atoms with Crippen molar-refractivity contribution in [3.63, 3.8) is 0 Å². The molecule has 2 heterocycles. The highest BCUT2D eigenvalue weighted by Gasteiger charge is 2.26. The summed E-state index contributed by atoms with van der Waals surface area (Å²) in [7, 11) is 0. The van der Waals surface area contributed by atoms with Crippen molar-refractivity contribution >= 4 is 21.7 Å². The van der Waals surface area contributed by atoms with E-state index in [0.717, 1.165) is 27.2 Å². The molecule has 2 aromatic rings. The van der Waals surface area contributed by atoms with Gasteiger partial charge in [0.15, 0.2) is 11.5 Å². The number of fused-ring (bicyclic) bond motifs is 1. The van der Waals surface area contributed by atoms with Gasteiger partial charge in [-0.2, -0.15) is 5.10 Å². The number of nitrogens with zero attached hydrogens (tertiary/aromatic N) is 1. The summed E-state index contributed by atoms with van der Waals surface area (Å²) in [4.78, 5) is 0. The highest BCUT2D eigenvalue weighted by molar-refractivity contribution is 9.10. The molecule has 6 heteroatoms. The van der Waals surface area contributed by atoms with Crippen LogP contribution in [0.2, 0.25) is 0 Å². The Morgan fingerprint density at radius 1 is 1.20 bits per heavy atom. The topological polar surface area (TPSA) is 73.2 Å². The molecule has 5 nitrogen and oxygen atoms in total. The van der Waals surface area contributed by atoms with E-state index in [4.69, 9.17) is 15.2 Å². The summed E-state index contributed by atoms with van der Waals surface area (Å²) in [6, 6.07) is 5.64. The summed E-state index contributed by atoms with van der Waals surface area (Å²) < 4.78 is 12.6. The first-order valence-corrected chi connectivity index (χ1v) is 7.14. The average molecular weight is 338 g/mol. The standard InChI is InChI=1S/C14H16BrN3O2/c1-14(2)6-19-11-3-8(10-5-13(16)18-17-10)9(15)4-12(11)20-7-14/h3-5H,6-7H2,1-2H3,(H3,16,17,18). The second kappa shape index (κ2) is 4.70. The number of aromatic nitrogens is 2. The van der Waals surface area contributed by atoms with Gasteiger partial charge in [0.25, 0.3) is 0 Å². The van der Waals surface area contributed by atoms with Crippen LogP contribution in [0.3, 0.4) is 0 Å². The Balaban J connectivity index is 2.02. The van der Waals surface area contributed by atoms with Crippen molar-refractivity contribution < 1.29 is 9.47 Å². The molecule has 3 N–H and O–H groups in total. The van der Waals surface area contributed by atoms with E-state index in [-0.39, 0.29) is 5.41 Å². The van der Waals surface area contributed by atoms with Gasteiger partial charge in [0.1, 0.15) is 5.82 Å². The van der Waals surface area contributed by atoms with Gasteiger partial charge in [0.05, 0.1) is 18.9 Å². The smallest absolute Gasteiger partial charge is 0.162 e. The summed E-state index contributed by atoms with van der Waals surface area (Å²) in [5.41, 5.74) is 7.42. The van der Waals surface area contributed by atoms with E-state index in [1.165, 1.54) is 0 Å². The SMILES string of the molecule is CC1(C)COc2cc(Br)c(-c3cc(N)n[nH]3)cc2OC1. The molecule has 0 unspecified atom stereocenters. The third-order valence-corrected chi connectivity index (χ3v) is 3.81. The van der Waals surface area contributed by atoms with E-state index < -0.39 is 0 Å². The maximum Gasteiger partial charge on any atom is 0.162 e. The molecule has 0 spiro atoms. The lowest BCUT2D eigenvalue weighted by Gasteiger charge is -2.19. The highest BCUT2D eigenvalue weighted by Crippen LogP contribution is 2.41. The molecule has 0 saturated heterocycles. The third kappa shape index (κ3) is 2.47. The maximum atomic E-state index is 5.88. The first kappa shape index (κ1) is 13.3. The number of aromatic amines is 1. The largest absolute Gasteiger partial charge is 0.489 e. The van der Waals surface area contributed by atoms with Gasteiger partial charge in [-0.15, -0.1) is 0 Å². The summed E-state index contributed by atoms with van der Waals surface area (Å²) in [6.45, 7) is 5.48. The van der Waals surface area contributed by atoms with Gasteiger partial charge in [-0.25, -0.2) is 0 Å². The zero-order chi connectivity index (χ0) is 14.3. The molecule has 0 atom stereocenters. The number of nitrogen functional groups attached to an aromatic ring is 1. The average Bonchev–Trinajstić information content (AvgIpc) is 2.75. The van der Waals surface area contributed by atoms with Gasteiger partial charge in [0, 0.05) is 21.5 Å². The van der Waals surface area contributed by atoms with Gasteiger partial charge in [-0.3, -0.25) is 5.10 Å². The predicted octanol–water partition coefficient (Wildman–Crippen LogP) is 3.22. The minimum absolute atomic E-state index is 0.00985. The highest BCUT2D eigenvalue weighted by atomic mass is 79.9. The van der Waals surface area contributed by atoms with E-state index in [1.807, 2.05) is 12.1 Å². The van der Waals surface area contributed by atoms with Crippen LogP contribution in [0.15, 0.2) is 22.7 Å². The Bertz CT molecular complexity index is 652. The molecule has 20 heavy (non-hydrogen) atoms. The molecule has 1 aliphatic rings. The van der Waals surface area contributed by atoms with E-state index in [1.54, 1.807) is 6.07 Å². The molecule has 0 saturated carbocycles. The molecular formula is C14H16BrN3O2. The number of hydrogen-bond donors (Lipinski definition) is 2. The van der Waals surface area contributed by atoms with Gasteiger partial charge in [0.2, 0.25) is 0 Å². The lowest BCUT2D eigenvalue weighted by atomic mass is 9.97. The van der Waals surface area contributed by atoms with Crippen LogP contribution in [0.5, 0.6) is 11.5 Å². The molecule has 0 amide bonds. The summed E-state index contributed by atoms with van der Waals surface area (Å²) in [5, 5.41) is 6.85. The third-order valence-electron chi connectivity index (χ3n) is 3.16.